The van der Waals surface area contributed by atoms with Crippen LogP contribution < -0.4 is 4.74 Å². The average Bonchev–Trinajstić information content (AvgIpc) is 3.23. The van der Waals surface area contributed by atoms with E-state index < -0.39 is 6.36 Å². The molecule has 0 radical (unpaired) electrons. The van der Waals surface area contributed by atoms with Crippen molar-refractivity contribution in [2.24, 2.45) is 58.2 Å². The minimum absolute atomic E-state index is 0.166. The number of hydrogen-bond acceptors (Lipinski definition) is 2. The summed E-state index contributed by atoms with van der Waals surface area (Å²) in [5.74, 6) is 5.32. The largest absolute Gasteiger partial charge is 0.573 e. The van der Waals surface area contributed by atoms with Crippen LogP contribution in [0.15, 0.2) is 24.3 Å². The Labute approximate surface area is 240 Å². The normalized spacial score (nSPS) is 40.3. The first-order chi connectivity index (χ1) is 18.8. The van der Waals surface area contributed by atoms with Gasteiger partial charge in [-0.3, -0.25) is 0 Å². The number of ether oxygens (including phenoxy) is 1. The lowest BCUT2D eigenvalue weighted by Gasteiger charge is -2.63. The van der Waals surface area contributed by atoms with E-state index in [4.69, 9.17) is 0 Å². The van der Waals surface area contributed by atoms with Gasteiger partial charge in [-0.1, -0.05) is 66.0 Å². The topological polar surface area (TPSA) is 29.5 Å². The number of aliphatic hydroxyl groups is 1. The molecule has 1 aromatic rings. The second-order valence-corrected chi connectivity index (χ2v) is 15.3. The molecule has 0 aliphatic heterocycles. The quantitative estimate of drug-likeness (QED) is 0.342. The van der Waals surface area contributed by atoms with E-state index in [1.807, 2.05) is 0 Å². The summed E-state index contributed by atoms with van der Waals surface area (Å²) in [7, 11) is 0. The van der Waals surface area contributed by atoms with E-state index in [9.17, 15) is 18.3 Å². The molecule has 4 aliphatic rings. The van der Waals surface area contributed by atoms with Crippen molar-refractivity contribution in [2.75, 3.05) is 0 Å². The van der Waals surface area contributed by atoms with Crippen molar-refractivity contribution in [3.05, 3.63) is 29.8 Å². The van der Waals surface area contributed by atoms with Crippen LogP contribution in [-0.2, 0) is 6.42 Å². The monoisotopic (exact) mass is 562 g/mol. The fourth-order valence-corrected chi connectivity index (χ4v) is 10.9. The first kappa shape index (κ1) is 30.2. The minimum atomic E-state index is -4.68. The highest BCUT2D eigenvalue weighted by Gasteiger charge is 2.61. The lowest BCUT2D eigenvalue weighted by Crippen LogP contribution is -2.57. The second-order valence-electron chi connectivity index (χ2n) is 15.3. The van der Waals surface area contributed by atoms with E-state index in [1.54, 1.807) is 12.1 Å². The van der Waals surface area contributed by atoms with Crippen LogP contribution in [0.2, 0.25) is 0 Å². The van der Waals surface area contributed by atoms with Gasteiger partial charge in [-0.2, -0.15) is 0 Å². The Bertz CT molecular complexity index is 989. The number of benzene rings is 1. The fraction of sp³-hybridized carbons (Fsp3) is 0.829. The summed E-state index contributed by atoms with van der Waals surface area (Å²) in [6, 6.07) is 6.32. The number of hydrogen-bond donors (Lipinski definition) is 1. The Balaban J connectivity index is 1.28. The Hall–Kier alpha value is -1.23. The van der Waals surface area contributed by atoms with Gasteiger partial charge in [-0.05, 0) is 134 Å². The van der Waals surface area contributed by atoms with E-state index in [1.165, 1.54) is 69.9 Å². The van der Waals surface area contributed by atoms with E-state index in [2.05, 4.69) is 39.4 Å². The summed E-state index contributed by atoms with van der Waals surface area (Å²) in [4.78, 5) is 0. The molecule has 0 unspecified atom stereocenters. The molecule has 0 spiro atoms. The summed E-state index contributed by atoms with van der Waals surface area (Å²) in [6.45, 7) is 12.4. The van der Waals surface area contributed by atoms with Gasteiger partial charge in [0.05, 0.1) is 6.10 Å². The number of fused-ring (bicyclic) bond motifs is 5. The molecule has 10 atom stereocenters. The Morgan fingerprint density at radius 2 is 1.50 bits per heavy atom. The molecule has 5 heteroatoms. The molecule has 0 bridgehead atoms. The highest BCUT2D eigenvalue weighted by atomic mass is 19.4. The van der Waals surface area contributed by atoms with Crippen molar-refractivity contribution in [1.82, 2.24) is 0 Å². The molecule has 5 rings (SSSR count). The van der Waals surface area contributed by atoms with Crippen molar-refractivity contribution < 1.29 is 23.0 Å². The Morgan fingerprint density at radius 1 is 0.850 bits per heavy atom. The summed E-state index contributed by atoms with van der Waals surface area (Å²) in [6.07, 6.45) is 9.69. The fourth-order valence-electron chi connectivity index (χ4n) is 10.9. The molecule has 2 nitrogen and oxygen atoms in total. The molecule has 0 heterocycles. The van der Waals surface area contributed by atoms with Crippen molar-refractivity contribution in [3.63, 3.8) is 0 Å². The zero-order chi connectivity index (χ0) is 28.9. The first-order valence-corrected chi connectivity index (χ1v) is 16.3. The molecule has 0 amide bonds. The van der Waals surface area contributed by atoms with E-state index in [-0.39, 0.29) is 23.2 Å². The minimum Gasteiger partial charge on any atom is -0.406 e. The highest BCUT2D eigenvalue weighted by molar-refractivity contribution is 5.28. The molecule has 1 N–H and O–H groups in total. The standard InChI is InChI=1S/C35H53F3O2/c1-22(2)7-6-8-23(3)28-15-16-29-26-13-14-30-27(21-24-9-11-25(12-10-24)40-35(36,37)38)32(39)18-20-34(30,5)31(26)17-19-33(28,29)4/h9-12,22-23,26-32,39H,6-8,13-21H2,1-5H3/t23-,26+,27+,28-,29+,30+,31+,32+,33-,34+/m1/s1. The van der Waals surface area contributed by atoms with Crippen molar-refractivity contribution in [3.8, 4) is 5.75 Å². The summed E-state index contributed by atoms with van der Waals surface area (Å²) >= 11 is 0. The van der Waals surface area contributed by atoms with Crippen LogP contribution in [0.3, 0.4) is 0 Å². The third-order valence-electron chi connectivity index (χ3n) is 12.8. The lowest BCUT2D eigenvalue weighted by atomic mass is 9.42. The summed E-state index contributed by atoms with van der Waals surface area (Å²) in [5.41, 5.74) is 1.72. The number of alkyl halides is 3. The molecular weight excluding hydrogens is 509 g/mol. The van der Waals surface area contributed by atoms with Crippen LogP contribution in [0.5, 0.6) is 5.75 Å². The maximum atomic E-state index is 12.6. The predicted molar refractivity (Wildman–Crippen MR) is 155 cm³/mol. The molecule has 0 aromatic heterocycles. The maximum Gasteiger partial charge on any atom is 0.573 e. The van der Waals surface area contributed by atoms with Gasteiger partial charge < -0.3 is 9.84 Å². The molecule has 4 saturated carbocycles. The van der Waals surface area contributed by atoms with Crippen LogP contribution in [0.4, 0.5) is 13.2 Å². The third-order valence-corrected chi connectivity index (χ3v) is 12.8. The van der Waals surface area contributed by atoms with Crippen LogP contribution in [0.25, 0.3) is 0 Å². The smallest absolute Gasteiger partial charge is 0.406 e. The van der Waals surface area contributed by atoms with Gasteiger partial charge in [0.2, 0.25) is 0 Å². The summed E-state index contributed by atoms with van der Waals surface area (Å²) < 4.78 is 41.9. The molecule has 226 valence electrons. The summed E-state index contributed by atoms with van der Waals surface area (Å²) in [5, 5.41) is 11.2. The molecular formula is C35H53F3O2. The van der Waals surface area contributed by atoms with Crippen LogP contribution in [-0.4, -0.2) is 17.6 Å². The van der Waals surface area contributed by atoms with Gasteiger partial charge in [-0.15, -0.1) is 13.2 Å². The Morgan fingerprint density at radius 3 is 2.17 bits per heavy atom. The second kappa shape index (κ2) is 11.5. The maximum absolute atomic E-state index is 12.6. The van der Waals surface area contributed by atoms with E-state index >= 15 is 0 Å². The third kappa shape index (κ3) is 5.84. The van der Waals surface area contributed by atoms with E-state index in [0.29, 0.717) is 11.3 Å². The average molecular weight is 563 g/mol. The molecule has 4 fully saturated rings. The Kier molecular flexibility index (Phi) is 8.66. The van der Waals surface area contributed by atoms with Gasteiger partial charge >= 0.3 is 6.36 Å². The molecule has 40 heavy (non-hydrogen) atoms. The van der Waals surface area contributed by atoms with Gasteiger partial charge in [0.25, 0.3) is 0 Å². The van der Waals surface area contributed by atoms with Crippen LogP contribution in [0, 0.1) is 58.2 Å². The zero-order valence-electron chi connectivity index (χ0n) is 25.5. The van der Waals surface area contributed by atoms with Crippen molar-refractivity contribution >= 4 is 0 Å². The van der Waals surface area contributed by atoms with Gasteiger partial charge in [0.1, 0.15) is 5.75 Å². The number of halogens is 3. The van der Waals surface area contributed by atoms with Gasteiger partial charge in [0, 0.05) is 0 Å². The van der Waals surface area contributed by atoms with Gasteiger partial charge in [0.15, 0.2) is 0 Å². The van der Waals surface area contributed by atoms with Gasteiger partial charge in [-0.25, -0.2) is 0 Å². The number of aliphatic hydroxyl groups excluding tert-OH is 1. The lowest BCUT2D eigenvalue weighted by molar-refractivity contribution is -0.274. The first-order valence-electron chi connectivity index (χ1n) is 16.3. The SMILES string of the molecule is CC(C)CCC[C@@H](C)[C@H]1CC[C@H]2[C@@H]3CC[C@H]4[C@H](Cc5ccc(OC(F)(F)F)cc5)[C@@H](O)CC[C@]4(C)[C@H]3CC[C@]12C. The highest BCUT2D eigenvalue weighted by Crippen LogP contribution is 2.69. The molecule has 1 aromatic carbocycles. The van der Waals surface area contributed by atoms with Crippen LogP contribution >= 0.6 is 0 Å². The van der Waals surface area contributed by atoms with Crippen molar-refractivity contribution in [2.45, 2.75) is 124 Å². The zero-order valence-corrected chi connectivity index (χ0v) is 25.5. The molecule has 0 saturated heterocycles. The van der Waals surface area contributed by atoms with E-state index in [0.717, 1.165) is 60.3 Å². The number of rotatable bonds is 8. The molecule has 4 aliphatic carbocycles. The predicted octanol–water partition coefficient (Wildman–Crippen LogP) is 9.84. The van der Waals surface area contributed by atoms with Crippen molar-refractivity contribution in [1.29, 1.82) is 0 Å². The van der Waals surface area contributed by atoms with Crippen LogP contribution in [0.1, 0.15) is 111 Å².